The van der Waals surface area contributed by atoms with Crippen LogP contribution in [-0.2, 0) is 6.54 Å². The van der Waals surface area contributed by atoms with Gasteiger partial charge in [0, 0.05) is 12.6 Å². The number of benzene rings is 1. The molecule has 3 nitrogen and oxygen atoms in total. The molecule has 0 spiro atoms. The van der Waals surface area contributed by atoms with E-state index in [2.05, 4.69) is 41.2 Å². The molecule has 0 aliphatic rings. The lowest BCUT2D eigenvalue weighted by molar-refractivity contribution is 0.352. The van der Waals surface area contributed by atoms with Crippen LogP contribution in [0.15, 0.2) is 16.6 Å². The lowest BCUT2D eigenvalue weighted by Crippen LogP contribution is -2.25. The van der Waals surface area contributed by atoms with Crippen molar-refractivity contribution in [3.05, 3.63) is 22.2 Å². The molecule has 20 heavy (non-hydrogen) atoms. The van der Waals surface area contributed by atoms with E-state index in [4.69, 9.17) is 9.47 Å². The van der Waals surface area contributed by atoms with E-state index in [1.165, 1.54) is 31.2 Å². The SMILES string of the molecule is CCCCCC(C)NCc1cc(Br)c(OC)c(OC)c1. The Kier molecular flexibility index (Phi) is 8.00. The Bertz CT molecular complexity index is 410. The standard InChI is InChI=1S/C16H26BrNO2/c1-5-6-7-8-12(2)18-11-13-9-14(17)16(20-4)15(10-13)19-3/h9-10,12,18H,5-8,11H2,1-4H3. The van der Waals surface area contributed by atoms with E-state index < -0.39 is 0 Å². The first-order valence-electron chi connectivity index (χ1n) is 7.26. The van der Waals surface area contributed by atoms with Crippen LogP contribution in [0, 0.1) is 0 Å². The van der Waals surface area contributed by atoms with Crippen LogP contribution in [0.25, 0.3) is 0 Å². The highest BCUT2D eigenvalue weighted by atomic mass is 79.9. The van der Waals surface area contributed by atoms with Crippen molar-refractivity contribution in [1.82, 2.24) is 5.32 Å². The normalized spacial score (nSPS) is 12.2. The summed E-state index contributed by atoms with van der Waals surface area (Å²) in [6.45, 7) is 5.32. The molecule has 0 saturated heterocycles. The van der Waals surface area contributed by atoms with Gasteiger partial charge in [0.1, 0.15) is 0 Å². The zero-order chi connectivity index (χ0) is 15.0. The summed E-state index contributed by atoms with van der Waals surface area (Å²) in [5.41, 5.74) is 1.19. The topological polar surface area (TPSA) is 30.5 Å². The van der Waals surface area contributed by atoms with Crippen LogP contribution in [-0.4, -0.2) is 20.3 Å². The van der Waals surface area contributed by atoms with E-state index in [1.807, 2.05) is 6.07 Å². The van der Waals surface area contributed by atoms with Crippen LogP contribution < -0.4 is 14.8 Å². The zero-order valence-corrected chi connectivity index (χ0v) is 14.5. The maximum absolute atomic E-state index is 5.36. The third-order valence-corrected chi connectivity index (χ3v) is 3.98. The van der Waals surface area contributed by atoms with Crippen LogP contribution >= 0.6 is 15.9 Å². The smallest absolute Gasteiger partial charge is 0.174 e. The van der Waals surface area contributed by atoms with Crippen LogP contribution in [0.4, 0.5) is 0 Å². The van der Waals surface area contributed by atoms with Crippen LogP contribution in [0.1, 0.15) is 45.1 Å². The minimum atomic E-state index is 0.536. The summed E-state index contributed by atoms with van der Waals surface area (Å²) in [6, 6.07) is 4.64. The maximum Gasteiger partial charge on any atom is 0.174 e. The molecule has 1 rings (SSSR count). The monoisotopic (exact) mass is 343 g/mol. The van der Waals surface area contributed by atoms with Crippen molar-refractivity contribution < 1.29 is 9.47 Å². The van der Waals surface area contributed by atoms with Crippen molar-refractivity contribution in [3.63, 3.8) is 0 Å². The van der Waals surface area contributed by atoms with Gasteiger partial charge >= 0.3 is 0 Å². The van der Waals surface area contributed by atoms with Crippen molar-refractivity contribution in [2.45, 2.75) is 52.1 Å². The number of halogens is 1. The Balaban J connectivity index is 2.58. The fraction of sp³-hybridized carbons (Fsp3) is 0.625. The average Bonchev–Trinajstić information content (AvgIpc) is 2.44. The summed E-state index contributed by atoms with van der Waals surface area (Å²) in [5.74, 6) is 1.50. The van der Waals surface area contributed by atoms with Crippen LogP contribution in [0.2, 0.25) is 0 Å². The minimum Gasteiger partial charge on any atom is -0.493 e. The molecule has 0 amide bonds. The van der Waals surface area contributed by atoms with Gasteiger partial charge in [-0.25, -0.2) is 0 Å². The Morgan fingerprint density at radius 1 is 1.20 bits per heavy atom. The second-order valence-electron chi connectivity index (χ2n) is 5.09. The Morgan fingerprint density at radius 2 is 1.95 bits per heavy atom. The molecule has 0 heterocycles. The number of unbranched alkanes of at least 4 members (excludes halogenated alkanes) is 2. The van der Waals surface area contributed by atoms with Gasteiger partial charge in [0.05, 0.1) is 18.7 Å². The first-order valence-corrected chi connectivity index (χ1v) is 8.05. The largest absolute Gasteiger partial charge is 0.493 e. The first kappa shape index (κ1) is 17.3. The molecule has 1 atom stereocenters. The third kappa shape index (κ3) is 5.33. The molecule has 0 fully saturated rings. The summed E-state index contributed by atoms with van der Waals surface area (Å²) in [7, 11) is 3.31. The number of nitrogens with one attached hydrogen (secondary N) is 1. The number of hydrogen-bond acceptors (Lipinski definition) is 3. The molecule has 0 saturated carbocycles. The molecular weight excluding hydrogens is 318 g/mol. The van der Waals surface area contributed by atoms with Gasteiger partial charge in [-0.1, -0.05) is 26.2 Å². The Labute approximate surface area is 131 Å². The van der Waals surface area contributed by atoms with Gasteiger partial charge < -0.3 is 14.8 Å². The van der Waals surface area contributed by atoms with Gasteiger partial charge in [-0.15, -0.1) is 0 Å². The number of ether oxygens (including phenoxy) is 2. The zero-order valence-electron chi connectivity index (χ0n) is 13.0. The molecule has 114 valence electrons. The predicted octanol–water partition coefficient (Wildman–Crippen LogP) is 4.52. The highest BCUT2D eigenvalue weighted by Gasteiger charge is 2.11. The molecule has 1 aromatic carbocycles. The molecule has 0 aliphatic heterocycles. The van der Waals surface area contributed by atoms with E-state index in [0.29, 0.717) is 6.04 Å². The lowest BCUT2D eigenvalue weighted by Gasteiger charge is -2.16. The van der Waals surface area contributed by atoms with Crippen molar-refractivity contribution in [2.75, 3.05) is 14.2 Å². The lowest BCUT2D eigenvalue weighted by atomic mass is 10.1. The highest BCUT2D eigenvalue weighted by molar-refractivity contribution is 9.10. The predicted molar refractivity (Wildman–Crippen MR) is 87.7 cm³/mol. The molecule has 0 bridgehead atoms. The number of methoxy groups -OCH3 is 2. The highest BCUT2D eigenvalue weighted by Crippen LogP contribution is 2.36. The molecule has 1 unspecified atom stereocenters. The van der Waals surface area contributed by atoms with Crippen molar-refractivity contribution in [3.8, 4) is 11.5 Å². The van der Waals surface area contributed by atoms with Gasteiger partial charge in [0.2, 0.25) is 0 Å². The molecule has 0 radical (unpaired) electrons. The fourth-order valence-electron chi connectivity index (χ4n) is 2.17. The summed E-state index contributed by atoms with van der Waals surface area (Å²) >= 11 is 3.52. The molecule has 1 N–H and O–H groups in total. The third-order valence-electron chi connectivity index (χ3n) is 3.39. The average molecular weight is 344 g/mol. The maximum atomic E-state index is 5.36. The van der Waals surface area contributed by atoms with Gasteiger partial charge in [0.15, 0.2) is 11.5 Å². The molecule has 4 heteroatoms. The van der Waals surface area contributed by atoms with Gasteiger partial charge in [0.25, 0.3) is 0 Å². The van der Waals surface area contributed by atoms with Gasteiger partial charge in [-0.2, -0.15) is 0 Å². The van der Waals surface area contributed by atoms with Crippen LogP contribution in [0.5, 0.6) is 11.5 Å². The summed E-state index contributed by atoms with van der Waals surface area (Å²) < 4.78 is 11.6. The van der Waals surface area contributed by atoms with Crippen molar-refractivity contribution in [2.24, 2.45) is 0 Å². The molecular formula is C16H26BrNO2. The summed E-state index contributed by atoms with van der Waals surface area (Å²) in [4.78, 5) is 0. The van der Waals surface area contributed by atoms with Gasteiger partial charge in [-0.3, -0.25) is 0 Å². The van der Waals surface area contributed by atoms with Crippen molar-refractivity contribution in [1.29, 1.82) is 0 Å². The Morgan fingerprint density at radius 3 is 2.55 bits per heavy atom. The molecule has 0 aromatic heterocycles. The fourth-order valence-corrected chi connectivity index (χ4v) is 2.82. The van der Waals surface area contributed by atoms with E-state index in [9.17, 15) is 0 Å². The molecule has 0 aliphatic carbocycles. The van der Waals surface area contributed by atoms with Crippen LogP contribution in [0.3, 0.4) is 0 Å². The molecule has 1 aromatic rings. The van der Waals surface area contributed by atoms with Gasteiger partial charge in [-0.05, 0) is 47.0 Å². The van der Waals surface area contributed by atoms with E-state index in [-0.39, 0.29) is 0 Å². The van der Waals surface area contributed by atoms with E-state index in [1.54, 1.807) is 14.2 Å². The van der Waals surface area contributed by atoms with E-state index >= 15 is 0 Å². The Hall–Kier alpha value is -0.740. The minimum absolute atomic E-state index is 0.536. The number of rotatable bonds is 9. The second-order valence-corrected chi connectivity index (χ2v) is 5.95. The first-order chi connectivity index (χ1) is 9.62. The summed E-state index contributed by atoms with van der Waals surface area (Å²) in [6.07, 6.45) is 5.10. The summed E-state index contributed by atoms with van der Waals surface area (Å²) in [5, 5.41) is 3.56. The number of hydrogen-bond donors (Lipinski definition) is 1. The second kappa shape index (κ2) is 9.24. The quantitative estimate of drug-likeness (QED) is 0.668. The van der Waals surface area contributed by atoms with E-state index in [0.717, 1.165) is 22.5 Å². The van der Waals surface area contributed by atoms with Crippen molar-refractivity contribution >= 4 is 15.9 Å².